The molecule has 0 aliphatic carbocycles. The van der Waals surface area contributed by atoms with Crippen LogP contribution in [0.15, 0.2) is 11.2 Å². The van der Waals surface area contributed by atoms with E-state index in [4.69, 9.17) is 4.74 Å². The first-order valence-electron chi connectivity index (χ1n) is 9.18. The molecule has 1 amide bonds. The standard InChI is InChI=1S/C18H26N4O3S2/c1-5-9-22-14(7-3)20-21-18(22)26-11-15(23)19-16-13(17(24)25-8-4)10-12(6-2)27-16/h10H,5-9,11H2,1-4H3,(H,19,23). The Morgan fingerprint density at radius 3 is 2.63 bits per heavy atom. The first-order chi connectivity index (χ1) is 13.0. The van der Waals surface area contributed by atoms with Crippen molar-refractivity contribution in [2.24, 2.45) is 0 Å². The average molecular weight is 411 g/mol. The lowest BCUT2D eigenvalue weighted by Crippen LogP contribution is -2.16. The molecule has 0 unspecified atom stereocenters. The molecule has 9 heteroatoms. The summed E-state index contributed by atoms with van der Waals surface area (Å²) in [5.74, 6) is 0.536. The van der Waals surface area contributed by atoms with Crippen molar-refractivity contribution in [3.8, 4) is 0 Å². The van der Waals surface area contributed by atoms with Crippen molar-refractivity contribution in [2.75, 3.05) is 17.7 Å². The molecule has 0 aliphatic heterocycles. The summed E-state index contributed by atoms with van der Waals surface area (Å²) in [7, 11) is 0. The number of hydrogen-bond acceptors (Lipinski definition) is 7. The highest BCUT2D eigenvalue weighted by molar-refractivity contribution is 7.99. The third kappa shape index (κ3) is 5.55. The van der Waals surface area contributed by atoms with Crippen molar-refractivity contribution >= 4 is 40.0 Å². The molecule has 0 spiro atoms. The molecule has 27 heavy (non-hydrogen) atoms. The Kier molecular flexibility index (Phi) is 8.30. The molecule has 0 bridgehead atoms. The van der Waals surface area contributed by atoms with Gasteiger partial charge in [0.05, 0.1) is 17.9 Å². The van der Waals surface area contributed by atoms with Crippen LogP contribution in [0.3, 0.4) is 0 Å². The summed E-state index contributed by atoms with van der Waals surface area (Å²) in [6.07, 6.45) is 2.57. The fourth-order valence-corrected chi connectivity index (χ4v) is 4.28. The predicted octanol–water partition coefficient (Wildman–Crippen LogP) is 3.78. The minimum atomic E-state index is -0.410. The zero-order valence-electron chi connectivity index (χ0n) is 16.2. The predicted molar refractivity (Wildman–Crippen MR) is 109 cm³/mol. The van der Waals surface area contributed by atoms with Gasteiger partial charge in [-0.3, -0.25) is 4.79 Å². The Labute approximate surface area is 167 Å². The van der Waals surface area contributed by atoms with E-state index in [1.807, 2.05) is 13.8 Å². The zero-order valence-corrected chi connectivity index (χ0v) is 17.8. The van der Waals surface area contributed by atoms with Crippen molar-refractivity contribution in [2.45, 2.75) is 58.7 Å². The summed E-state index contributed by atoms with van der Waals surface area (Å²) in [6, 6.07) is 1.79. The number of carbonyl (C=O) groups excluding carboxylic acids is 2. The lowest BCUT2D eigenvalue weighted by molar-refractivity contribution is -0.113. The Hall–Kier alpha value is -1.87. The SMILES string of the molecule is CCCn1c(CC)nnc1SCC(=O)Nc1sc(CC)cc1C(=O)OCC. The van der Waals surface area contributed by atoms with E-state index >= 15 is 0 Å². The van der Waals surface area contributed by atoms with E-state index in [0.717, 1.165) is 41.7 Å². The number of esters is 1. The number of nitrogens with one attached hydrogen (secondary N) is 1. The molecule has 2 aromatic heterocycles. The van der Waals surface area contributed by atoms with Crippen molar-refractivity contribution in [1.82, 2.24) is 14.8 Å². The van der Waals surface area contributed by atoms with Crippen molar-refractivity contribution in [3.63, 3.8) is 0 Å². The molecule has 2 rings (SSSR count). The number of aromatic nitrogens is 3. The van der Waals surface area contributed by atoms with Gasteiger partial charge in [0.15, 0.2) is 5.16 Å². The Morgan fingerprint density at radius 2 is 2.00 bits per heavy atom. The number of thiophene rings is 1. The highest BCUT2D eigenvalue weighted by Gasteiger charge is 2.19. The topological polar surface area (TPSA) is 86.1 Å². The largest absolute Gasteiger partial charge is 0.462 e. The van der Waals surface area contributed by atoms with E-state index in [-0.39, 0.29) is 11.7 Å². The van der Waals surface area contributed by atoms with Crippen LogP contribution in [0, 0.1) is 0 Å². The summed E-state index contributed by atoms with van der Waals surface area (Å²) in [4.78, 5) is 25.6. The Morgan fingerprint density at radius 1 is 1.22 bits per heavy atom. The minimum Gasteiger partial charge on any atom is -0.462 e. The first kappa shape index (κ1) is 21.4. The van der Waals surface area contributed by atoms with E-state index in [9.17, 15) is 9.59 Å². The molecular weight excluding hydrogens is 384 g/mol. The molecule has 0 saturated carbocycles. The molecule has 0 aliphatic rings. The lowest BCUT2D eigenvalue weighted by atomic mass is 10.2. The van der Waals surface area contributed by atoms with E-state index in [0.29, 0.717) is 17.2 Å². The number of aryl methyl sites for hydroxylation is 2. The highest BCUT2D eigenvalue weighted by atomic mass is 32.2. The third-order valence-electron chi connectivity index (χ3n) is 3.77. The van der Waals surface area contributed by atoms with Gasteiger partial charge in [-0.1, -0.05) is 32.5 Å². The summed E-state index contributed by atoms with van der Waals surface area (Å²) >= 11 is 2.76. The fourth-order valence-electron chi connectivity index (χ4n) is 2.50. The van der Waals surface area contributed by atoms with E-state index < -0.39 is 5.97 Å². The van der Waals surface area contributed by atoms with Crippen molar-refractivity contribution in [3.05, 3.63) is 22.3 Å². The molecule has 0 atom stereocenters. The van der Waals surface area contributed by atoms with Crippen LogP contribution in [0.1, 0.15) is 55.2 Å². The second-order valence-electron chi connectivity index (χ2n) is 5.77. The number of rotatable bonds is 10. The molecule has 0 radical (unpaired) electrons. The highest BCUT2D eigenvalue weighted by Crippen LogP contribution is 2.30. The van der Waals surface area contributed by atoms with Gasteiger partial charge >= 0.3 is 5.97 Å². The fraction of sp³-hybridized carbons (Fsp3) is 0.556. The zero-order chi connectivity index (χ0) is 19.8. The van der Waals surface area contributed by atoms with Gasteiger partial charge in [-0.05, 0) is 25.8 Å². The maximum absolute atomic E-state index is 12.4. The van der Waals surface area contributed by atoms with Crippen molar-refractivity contribution < 1.29 is 14.3 Å². The van der Waals surface area contributed by atoms with Gasteiger partial charge in [0.25, 0.3) is 0 Å². The second kappa shape index (κ2) is 10.5. The van der Waals surface area contributed by atoms with E-state index in [1.165, 1.54) is 23.1 Å². The molecule has 1 N–H and O–H groups in total. The maximum Gasteiger partial charge on any atom is 0.341 e. The molecular formula is C18H26N4O3S2. The van der Waals surface area contributed by atoms with Gasteiger partial charge in [-0.25, -0.2) is 4.79 Å². The summed E-state index contributed by atoms with van der Waals surface area (Å²) in [6.45, 7) is 9.03. The van der Waals surface area contributed by atoms with E-state index in [1.54, 1.807) is 13.0 Å². The van der Waals surface area contributed by atoms with Crippen LogP contribution in [-0.2, 0) is 28.9 Å². The third-order valence-corrected chi connectivity index (χ3v) is 5.93. The number of anilines is 1. The van der Waals surface area contributed by atoms with Crippen LogP contribution in [0.2, 0.25) is 0 Å². The second-order valence-corrected chi connectivity index (χ2v) is 7.85. The van der Waals surface area contributed by atoms with Crippen LogP contribution in [0.5, 0.6) is 0 Å². The van der Waals surface area contributed by atoms with Gasteiger partial charge in [-0.2, -0.15) is 0 Å². The normalized spacial score (nSPS) is 10.8. The molecule has 7 nitrogen and oxygen atoms in total. The molecule has 2 heterocycles. The van der Waals surface area contributed by atoms with Crippen LogP contribution in [-0.4, -0.2) is 39.0 Å². The maximum atomic E-state index is 12.4. The molecule has 0 saturated heterocycles. The molecule has 148 valence electrons. The van der Waals surface area contributed by atoms with Crippen molar-refractivity contribution in [1.29, 1.82) is 0 Å². The van der Waals surface area contributed by atoms with Gasteiger partial charge in [0, 0.05) is 17.8 Å². The quantitative estimate of drug-likeness (QED) is 0.474. The number of thioether (sulfide) groups is 1. The van der Waals surface area contributed by atoms with Gasteiger partial charge < -0.3 is 14.6 Å². The first-order valence-corrected chi connectivity index (χ1v) is 11.0. The lowest BCUT2D eigenvalue weighted by Gasteiger charge is -2.08. The van der Waals surface area contributed by atoms with Gasteiger partial charge in [0.1, 0.15) is 10.8 Å². The van der Waals surface area contributed by atoms with Crippen LogP contribution in [0.4, 0.5) is 5.00 Å². The molecule has 0 aromatic carbocycles. The average Bonchev–Trinajstić information content (AvgIpc) is 3.24. The summed E-state index contributed by atoms with van der Waals surface area (Å²) < 4.78 is 7.14. The van der Waals surface area contributed by atoms with Crippen LogP contribution >= 0.6 is 23.1 Å². The number of nitrogens with zero attached hydrogens (tertiary/aromatic N) is 3. The summed E-state index contributed by atoms with van der Waals surface area (Å²) in [5, 5.41) is 12.5. The number of amides is 1. The minimum absolute atomic E-state index is 0.181. The Balaban J connectivity index is 2.05. The van der Waals surface area contributed by atoms with Gasteiger partial charge in [-0.15, -0.1) is 21.5 Å². The van der Waals surface area contributed by atoms with Gasteiger partial charge in [0.2, 0.25) is 5.91 Å². The monoisotopic (exact) mass is 410 g/mol. The van der Waals surface area contributed by atoms with E-state index in [2.05, 4.69) is 27.0 Å². The molecule has 0 fully saturated rings. The summed E-state index contributed by atoms with van der Waals surface area (Å²) in [5.41, 5.74) is 0.416. The number of ether oxygens (including phenoxy) is 1. The van der Waals surface area contributed by atoms with Crippen LogP contribution < -0.4 is 5.32 Å². The number of hydrogen-bond donors (Lipinski definition) is 1. The van der Waals surface area contributed by atoms with Crippen LogP contribution in [0.25, 0.3) is 0 Å². The number of carbonyl (C=O) groups is 2. The smallest absolute Gasteiger partial charge is 0.341 e. The molecule has 2 aromatic rings. The Bertz CT molecular complexity index is 786.